The fourth-order valence-corrected chi connectivity index (χ4v) is 5.53. The maximum Gasteiger partial charge on any atom is 0.258 e. The second-order valence-corrected chi connectivity index (χ2v) is 9.68. The zero-order valence-corrected chi connectivity index (χ0v) is 20.6. The summed E-state index contributed by atoms with van der Waals surface area (Å²) in [6.07, 6.45) is 0.634. The third-order valence-electron chi connectivity index (χ3n) is 6.62. The maximum absolute atomic E-state index is 14.8. The lowest BCUT2D eigenvalue weighted by Crippen LogP contribution is -2.43. The summed E-state index contributed by atoms with van der Waals surface area (Å²) in [4.78, 5) is 34.6. The van der Waals surface area contributed by atoms with Gasteiger partial charge in [-0.2, -0.15) is 0 Å². The number of rotatable bonds is 4. The quantitative estimate of drug-likeness (QED) is 0.423. The molecule has 0 bridgehead atoms. The van der Waals surface area contributed by atoms with E-state index in [2.05, 4.69) is 25.9 Å². The molecule has 2 aromatic carbocycles. The number of hydrogen-bond acceptors (Lipinski definition) is 6. The Balaban J connectivity index is 1.35. The number of H-pyrrole nitrogens is 1. The van der Waals surface area contributed by atoms with Gasteiger partial charge in [-0.1, -0.05) is 23.2 Å². The first kappa shape index (κ1) is 24.0. The fourth-order valence-electron chi connectivity index (χ4n) is 4.84. The van der Waals surface area contributed by atoms with Crippen LogP contribution in [0.5, 0.6) is 0 Å². The standard InChI is InChI=1S/C24H25Cl2FN6O2/c1-12-22-13(6-14(25)7-16(22)26)2-5-33(12)21(34)11-30-19-9-18-15(8-17(19)27)24(35)32-23(31-18)20-10-28-3-4-29-20/h6-9,12,20,28-30H,2-5,10-11H2,1H3,(H,31,32,35). The molecule has 3 heterocycles. The van der Waals surface area contributed by atoms with E-state index in [0.717, 1.165) is 30.3 Å². The Kier molecular flexibility index (Phi) is 6.67. The highest BCUT2D eigenvalue weighted by atomic mass is 35.5. The van der Waals surface area contributed by atoms with E-state index in [1.165, 1.54) is 6.07 Å². The molecule has 35 heavy (non-hydrogen) atoms. The third kappa shape index (κ3) is 4.73. The normalized spacial score (nSPS) is 20.1. The van der Waals surface area contributed by atoms with Gasteiger partial charge in [0.05, 0.1) is 35.2 Å². The number of amides is 1. The fraction of sp³-hybridized carbons (Fsp3) is 0.375. The number of anilines is 1. The van der Waals surface area contributed by atoms with Gasteiger partial charge in [-0.3, -0.25) is 9.59 Å². The summed E-state index contributed by atoms with van der Waals surface area (Å²) in [5.41, 5.74) is 1.98. The van der Waals surface area contributed by atoms with Gasteiger partial charge in [0.25, 0.3) is 5.56 Å². The summed E-state index contributed by atoms with van der Waals surface area (Å²) in [6, 6.07) is 5.80. The molecule has 4 N–H and O–H groups in total. The SMILES string of the molecule is CC1c2c(Cl)cc(Cl)cc2CCN1C(=O)CNc1cc2nc(C3CNCCN3)[nH]c(=O)c2cc1F. The molecule has 2 aliphatic rings. The lowest BCUT2D eigenvalue weighted by Gasteiger charge is -2.36. The van der Waals surface area contributed by atoms with Crippen molar-refractivity contribution < 1.29 is 9.18 Å². The molecule has 2 unspecified atom stereocenters. The van der Waals surface area contributed by atoms with Crippen LogP contribution in [0.15, 0.2) is 29.1 Å². The topological polar surface area (TPSA) is 102 Å². The summed E-state index contributed by atoms with van der Waals surface area (Å²) in [5, 5.41) is 10.7. The molecule has 5 rings (SSSR count). The number of halogens is 3. The number of hydrogen-bond donors (Lipinski definition) is 4. The van der Waals surface area contributed by atoms with Crippen LogP contribution < -0.4 is 21.5 Å². The van der Waals surface area contributed by atoms with Crippen molar-refractivity contribution in [3.63, 3.8) is 0 Å². The van der Waals surface area contributed by atoms with Crippen molar-refractivity contribution >= 4 is 45.7 Å². The minimum atomic E-state index is -0.627. The van der Waals surface area contributed by atoms with Crippen LogP contribution in [0.25, 0.3) is 10.9 Å². The van der Waals surface area contributed by atoms with Crippen molar-refractivity contribution in [1.82, 2.24) is 25.5 Å². The van der Waals surface area contributed by atoms with Crippen LogP contribution in [-0.2, 0) is 11.2 Å². The van der Waals surface area contributed by atoms with E-state index in [4.69, 9.17) is 23.2 Å². The summed E-state index contributed by atoms with van der Waals surface area (Å²) < 4.78 is 14.8. The summed E-state index contributed by atoms with van der Waals surface area (Å²) in [7, 11) is 0. The Bertz CT molecular complexity index is 1360. The lowest BCUT2D eigenvalue weighted by atomic mass is 9.93. The number of piperazine rings is 1. The number of nitrogens with zero attached hydrogens (tertiary/aromatic N) is 2. The van der Waals surface area contributed by atoms with Crippen LogP contribution in [0.1, 0.15) is 36.0 Å². The molecule has 1 amide bonds. The Morgan fingerprint density at radius 1 is 1.26 bits per heavy atom. The van der Waals surface area contributed by atoms with Crippen molar-refractivity contribution in [3.05, 3.63) is 67.4 Å². The van der Waals surface area contributed by atoms with Crippen LogP contribution in [0.3, 0.4) is 0 Å². The molecule has 8 nitrogen and oxygen atoms in total. The molecule has 2 aliphatic heterocycles. The number of aromatic amines is 1. The predicted octanol–water partition coefficient (Wildman–Crippen LogP) is 3.16. The van der Waals surface area contributed by atoms with Gasteiger partial charge in [-0.05, 0) is 48.7 Å². The highest BCUT2D eigenvalue weighted by Crippen LogP contribution is 2.37. The van der Waals surface area contributed by atoms with Crippen molar-refractivity contribution in [2.24, 2.45) is 0 Å². The molecule has 184 valence electrons. The molecule has 0 spiro atoms. The van der Waals surface area contributed by atoms with Crippen molar-refractivity contribution in [3.8, 4) is 0 Å². The van der Waals surface area contributed by atoms with Gasteiger partial charge >= 0.3 is 0 Å². The molecule has 0 radical (unpaired) electrons. The average Bonchev–Trinajstić information content (AvgIpc) is 2.83. The Morgan fingerprint density at radius 2 is 2.09 bits per heavy atom. The van der Waals surface area contributed by atoms with E-state index in [1.807, 2.05) is 13.0 Å². The molecule has 0 aliphatic carbocycles. The first-order chi connectivity index (χ1) is 16.8. The molecule has 1 aromatic heterocycles. The van der Waals surface area contributed by atoms with Crippen LogP contribution in [0, 0.1) is 5.82 Å². The maximum atomic E-state index is 14.8. The summed E-state index contributed by atoms with van der Waals surface area (Å²) in [5.74, 6) is -0.329. The van der Waals surface area contributed by atoms with Crippen molar-refractivity contribution in [1.29, 1.82) is 0 Å². The molecular weight excluding hydrogens is 494 g/mol. The Morgan fingerprint density at radius 3 is 2.86 bits per heavy atom. The number of benzene rings is 2. The van der Waals surface area contributed by atoms with Gasteiger partial charge in [0.2, 0.25) is 5.91 Å². The monoisotopic (exact) mass is 518 g/mol. The zero-order chi connectivity index (χ0) is 24.7. The smallest absolute Gasteiger partial charge is 0.258 e. The van der Waals surface area contributed by atoms with Crippen LogP contribution >= 0.6 is 23.2 Å². The van der Waals surface area contributed by atoms with E-state index in [0.29, 0.717) is 40.9 Å². The second-order valence-electron chi connectivity index (χ2n) is 8.84. The summed E-state index contributed by atoms with van der Waals surface area (Å²) in [6.45, 7) is 4.53. The molecular formula is C24H25Cl2FN6O2. The van der Waals surface area contributed by atoms with E-state index < -0.39 is 11.4 Å². The van der Waals surface area contributed by atoms with E-state index >= 15 is 0 Å². The van der Waals surface area contributed by atoms with Gasteiger partial charge in [0.15, 0.2) is 0 Å². The number of aromatic nitrogens is 2. The molecule has 2 atom stereocenters. The first-order valence-electron chi connectivity index (χ1n) is 11.5. The second kappa shape index (κ2) is 9.73. The molecule has 1 fully saturated rings. The molecule has 1 saturated heterocycles. The zero-order valence-electron chi connectivity index (χ0n) is 19.1. The van der Waals surface area contributed by atoms with Crippen molar-refractivity contribution in [2.45, 2.75) is 25.4 Å². The molecule has 3 aromatic rings. The highest BCUT2D eigenvalue weighted by Gasteiger charge is 2.29. The number of nitrogens with one attached hydrogen (secondary N) is 4. The molecule has 0 saturated carbocycles. The number of carbonyl (C=O) groups is 1. The predicted molar refractivity (Wildman–Crippen MR) is 135 cm³/mol. The van der Waals surface area contributed by atoms with Gasteiger partial charge in [-0.15, -0.1) is 0 Å². The van der Waals surface area contributed by atoms with Crippen LogP contribution in [-0.4, -0.2) is 53.5 Å². The first-order valence-corrected chi connectivity index (χ1v) is 12.3. The van der Waals surface area contributed by atoms with E-state index in [-0.39, 0.29) is 35.6 Å². The van der Waals surface area contributed by atoms with Crippen LogP contribution in [0.4, 0.5) is 10.1 Å². The van der Waals surface area contributed by atoms with Gasteiger partial charge in [0.1, 0.15) is 11.6 Å². The third-order valence-corrected chi connectivity index (χ3v) is 7.15. The average molecular weight is 519 g/mol. The Hall–Kier alpha value is -2.72. The van der Waals surface area contributed by atoms with E-state index in [9.17, 15) is 14.0 Å². The van der Waals surface area contributed by atoms with Gasteiger partial charge in [-0.25, -0.2) is 9.37 Å². The van der Waals surface area contributed by atoms with E-state index in [1.54, 1.807) is 11.0 Å². The summed E-state index contributed by atoms with van der Waals surface area (Å²) >= 11 is 12.5. The van der Waals surface area contributed by atoms with Crippen LogP contribution in [0.2, 0.25) is 10.0 Å². The Labute approximate surface area is 211 Å². The minimum Gasteiger partial charge on any atom is -0.374 e. The van der Waals surface area contributed by atoms with Gasteiger partial charge < -0.3 is 25.8 Å². The minimum absolute atomic E-state index is 0.111. The lowest BCUT2D eigenvalue weighted by molar-refractivity contribution is -0.131. The van der Waals surface area contributed by atoms with Crippen molar-refractivity contribution in [2.75, 3.05) is 38.0 Å². The number of carbonyl (C=O) groups excluding carboxylic acids is 1. The van der Waals surface area contributed by atoms with Gasteiger partial charge in [0, 0.05) is 36.2 Å². The molecule has 11 heteroatoms. The number of fused-ring (bicyclic) bond motifs is 2. The largest absolute Gasteiger partial charge is 0.374 e. The highest BCUT2D eigenvalue weighted by molar-refractivity contribution is 6.35.